The summed E-state index contributed by atoms with van der Waals surface area (Å²) in [6.45, 7) is 2.74. The number of rotatable bonds is 7. The summed E-state index contributed by atoms with van der Waals surface area (Å²) in [5, 5.41) is 9.62. The lowest BCUT2D eigenvalue weighted by molar-refractivity contribution is 0.225. The van der Waals surface area contributed by atoms with Gasteiger partial charge in [-0.05, 0) is 36.6 Å². The van der Waals surface area contributed by atoms with Gasteiger partial charge in [0.1, 0.15) is 0 Å². The Morgan fingerprint density at radius 3 is 2.33 bits per heavy atom. The molecule has 0 radical (unpaired) electrons. The van der Waals surface area contributed by atoms with Gasteiger partial charge in [-0.15, -0.1) is 0 Å². The van der Waals surface area contributed by atoms with E-state index in [-0.39, 0.29) is 12.5 Å². The van der Waals surface area contributed by atoms with Crippen molar-refractivity contribution in [2.75, 3.05) is 20.3 Å². The summed E-state index contributed by atoms with van der Waals surface area (Å²) in [4.78, 5) is 0. The molecule has 3 heteroatoms. The Hall–Kier alpha value is -2.00. The fraction of sp³-hybridized carbons (Fsp3) is 0.333. The Balaban J connectivity index is 1.97. The molecule has 0 aliphatic rings. The molecule has 0 aliphatic carbocycles. The number of para-hydroxylation sites is 2. The van der Waals surface area contributed by atoms with Gasteiger partial charge >= 0.3 is 0 Å². The lowest BCUT2D eigenvalue weighted by Gasteiger charge is -2.18. The average molecular weight is 286 g/mol. The van der Waals surface area contributed by atoms with Crippen LogP contribution in [0.15, 0.2) is 48.5 Å². The highest BCUT2D eigenvalue weighted by Gasteiger charge is 2.13. The molecule has 0 bridgehead atoms. The van der Waals surface area contributed by atoms with Crippen LogP contribution in [0.1, 0.15) is 23.5 Å². The number of benzene rings is 2. The Kier molecular flexibility index (Phi) is 5.64. The minimum absolute atomic E-state index is 0.0981. The van der Waals surface area contributed by atoms with E-state index in [2.05, 4.69) is 19.1 Å². The van der Waals surface area contributed by atoms with Crippen LogP contribution in [-0.2, 0) is 0 Å². The van der Waals surface area contributed by atoms with Gasteiger partial charge in [-0.2, -0.15) is 0 Å². The van der Waals surface area contributed by atoms with Crippen LogP contribution in [0.5, 0.6) is 11.5 Å². The van der Waals surface area contributed by atoms with Crippen LogP contribution < -0.4 is 9.47 Å². The van der Waals surface area contributed by atoms with E-state index < -0.39 is 0 Å². The van der Waals surface area contributed by atoms with Crippen molar-refractivity contribution < 1.29 is 14.6 Å². The molecule has 3 nitrogen and oxygen atoms in total. The lowest BCUT2D eigenvalue weighted by atomic mass is 9.93. The molecule has 1 atom stereocenters. The molecule has 1 unspecified atom stereocenters. The summed E-state index contributed by atoms with van der Waals surface area (Å²) in [5.41, 5.74) is 2.39. The third-order valence-electron chi connectivity index (χ3n) is 3.64. The number of aryl methyl sites for hydroxylation is 1. The summed E-state index contributed by atoms with van der Waals surface area (Å²) in [6.07, 6.45) is 0.763. The zero-order chi connectivity index (χ0) is 15.1. The molecule has 0 saturated carbocycles. The standard InChI is InChI=1S/C18H22O3/c1-14-7-3-4-8-16(14)15(13-19)11-12-21-18-10-6-5-9-17(18)20-2/h3-10,15,19H,11-13H2,1-2H3. The van der Waals surface area contributed by atoms with Crippen molar-refractivity contribution in [2.24, 2.45) is 0 Å². The second-order valence-corrected chi connectivity index (χ2v) is 5.02. The summed E-state index contributed by atoms with van der Waals surface area (Å²) < 4.78 is 11.0. The van der Waals surface area contributed by atoms with Crippen molar-refractivity contribution in [3.05, 3.63) is 59.7 Å². The van der Waals surface area contributed by atoms with Crippen LogP contribution in [0.25, 0.3) is 0 Å². The third-order valence-corrected chi connectivity index (χ3v) is 3.64. The highest BCUT2D eigenvalue weighted by atomic mass is 16.5. The lowest BCUT2D eigenvalue weighted by Crippen LogP contribution is -2.11. The van der Waals surface area contributed by atoms with Gasteiger partial charge in [-0.25, -0.2) is 0 Å². The average Bonchev–Trinajstić information content (AvgIpc) is 2.53. The Labute approximate surface area is 126 Å². The van der Waals surface area contributed by atoms with Crippen LogP contribution in [0.2, 0.25) is 0 Å². The van der Waals surface area contributed by atoms with Gasteiger partial charge in [-0.3, -0.25) is 0 Å². The van der Waals surface area contributed by atoms with Crippen LogP contribution in [0.3, 0.4) is 0 Å². The van der Waals surface area contributed by atoms with Crippen LogP contribution in [-0.4, -0.2) is 25.4 Å². The summed E-state index contributed by atoms with van der Waals surface area (Å²) in [6, 6.07) is 15.8. The predicted molar refractivity (Wildman–Crippen MR) is 84.1 cm³/mol. The smallest absolute Gasteiger partial charge is 0.161 e. The first kappa shape index (κ1) is 15.4. The normalized spacial score (nSPS) is 12.0. The SMILES string of the molecule is COc1ccccc1OCCC(CO)c1ccccc1C. The number of hydrogen-bond donors (Lipinski definition) is 1. The van der Waals surface area contributed by atoms with Crippen molar-refractivity contribution >= 4 is 0 Å². The topological polar surface area (TPSA) is 38.7 Å². The monoisotopic (exact) mass is 286 g/mol. The van der Waals surface area contributed by atoms with Gasteiger partial charge in [0.15, 0.2) is 11.5 Å². The Morgan fingerprint density at radius 1 is 1.00 bits per heavy atom. The molecule has 2 aromatic carbocycles. The quantitative estimate of drug-likeness (QED) is 0.846. The second kappa shape index (κ2) is 7.70. The van der Waals surface area contributed by atoms with E-state index in [0.29, 0.717) is 6.61 Å². The molecule has 0 aromatic heterocycles. The largest absolute Gasteiger partial charge is 0.493 e. The molecule has 0 spiro atoms. The predicted octanol–water partition coefficient (Wildman–Crippen LogP) is 3.55. The van der Waals surface area contributed by atoms with Crippen LogP contribution in [0.4, 0.5) is 0 Å². The number of ether oxygens (including phenoxy) is 2. The van der Waals surface area contributed by atoms with E-state index >= 15 is 0 Å². The first-order valence-electron chi connectivity index (χ1n) is 7.18. The van der Waals surface area contributed by atoms with Gasteiger partial charge in [0.05, 0.1) is 20.3 Å². The summed E-state index contributed by atoms with van der Waals surface area (Å²) >= 11 is 0. The first-order chi connectivity index (χ1) is 10.3. The zero-order valence-electron chi connectivity index (χ0n) is 12.6. The summed E-state index contributed by atoms with van der Waals surface area (Å²) in [5.74, 6) is 1.57. The van der Waals surface area contributed by atoms with Crippen LogP contribution >= 0.6 is 0 Å². The van der Waals surface area contributed by atoms with E-state index in [0.717, 1.165) is 17.9 Å². The maximum absolute atomic E-state index is 9.62. The Bertz CT molecular complexity index is 566. The number of aliphatic hydroxyl groups is 1. The van der Waals surface area contributed by atoms with Gasteiger partial charge in [-0.1, -0.05) is 36.4 Å². The highest BCUT2D eigenvalue weighted by molar-refractivity contribution is 5.39. The van der Waals surface area contributed by atoms with E-state index in [4.69, 9.17) is 9.47 Å². The first-order valence-corrected chi connectivity index (χ1v) is 7.18. The molecule has 112 valence electrons. The molecular formula is C18H22O3. The van der Waals surface area contributed by atoms with E-state index in [1.807, 2.05) is 36.4 Å². The second-order valence-electron chi connectivity index (χ2n) is 5.02. The highest BCUT2D eigenvalue weighted by Crippen LogP contribution is 2.27. The number of aliphatic hydroxyl groups excluding tert-OH is 1. The molecule has 0 fully saturated rings. The zero-order valence-corrected chi connectivity index (χ0v) is 12.6. The molecular weight excluding hydrogens is 264 g/mol. The fourth-order valence-electron chi connectivity index (χ4n) is 2.44. The van der Waals surface area contributed by atoms with Gasteiger partial charge in [0, 0.05) is 5.92 Å². The fourth-order valence-corrected chi connectivity index (χ4v) is 2.44. The molecule has 2 rings (SSSR count). The van der Waals surface area contributed by atoms with Crippen molar-refractivity contribution in [1.29, 1.82) is 0 Å². The van der Waals surface area contributed by atoms with Crippen molar-refractivity contribution in [1.82, 2.24) is 0 Å². The molecule has 0 saturated heterocycles. The maximum atomic E-state index is 9.62. The minimum atomic E-state index is 0.0981. The summed E-state index contributed by atoms with van der Waals surface area (Å²) in [7, 11) is 1.63. The van der Waals surface area contributed by atoms with Crippen molar-refractivity contribution in [3.8, 4) is 11.5 Å². The van der Waals surface area contributed by atoms with Crippen molar-refractivity contribution in [2.45, 2.75) is 19.3 Å². The third kappa shape index (κ3) is 3.99. The van der Waals surface area contributed by atoms with Crippen LogP contribution in [0, 0.1) is 6.92 Å². The molecule has 0 aliphatic heterocycles. The molecule has 1 N–H and O–H groups in total. The van der Waals surface area contributed by atoms with E-state index in [1.54, 1.807) is 7.11 Å². The molecule has 0 amide bonds. The molecule has 2 aromatic rings. The van der Waals surface area contributed by atoms with Gasteiger partial charge in [0.25, 0.3) is 0 Å². The number of hydrogen-bond acceptors (Lipinski definition) is 3. The minimum Gasteiger partial charge on any atom is -0.493 e. The van der Waals surface area contributed by atoms with Gasteiger partial charge < -0.3 is 14.6 Å². The molecule has 0 heterocycles. The number of methoxy groups -OCH3 is 1. The van der Waals surface area contributed by atoms with E-state index in [9.17, 15) is 5.11 Å². The van der Waals surface area contributed by atoms with Gasteiger partial charge in [0.2, 0.25) is 0 Å². The Morgan fingerprint density at radius 2 is 1.67 bits per heavy atom. The van der Waals surface area contributed by atoms with E-state index in [1.165, 1.54) is 11.1 Å². The van der Waals surface area contributed by atoms with Crippen molar-refractivity contribution in [3.63, 3.8) is 0 Å². The molecule has 21 heavy (non-hydrogen) atoms. The maximum Gasteiger partial charge on any atom is 0.161 e.